The largest absolute Gasteiger partial charge is 0.508 e. The fraction of sp³-hybridized carbons (Fsp3) is 0.250. The van der Waals surface area contributed by atoms with Gasteiger partial charge in [-0.1, -0.05) is 11.6 Å². The molecule has 1 N–H and O–H groups in total. The van der Waals surface area contributed by atoms with E-state index in [0.29, 0.717) is 6.07 Å². The second-order valence-electron chi connectivity index (χ2n) is 2.60. The molecule has 1 aromatic rings. The molecule has 0 amide bonds. The van der Waals surface area contributed by atoms with Gasteiger partial charge >= 0.3 is 6.18 Å². The molecule has 0 atom stereocenters. The van der Waals surface area contributed by atoms with Gasteiger partial charge in [-0.3, -0.25) is 0 Å². The smallest absolute Gasteiger partial charge is 0.416 e. The van der Waals surface area contributed by atoms with Crippen molar-refractivity contribution < 1.29 is 18.3 Å². The minimum atomic E-state index is -4.48. The molecule has 0 saturated heterocycles. The molecule has 0 fully saturated rings. The number of rotatable bonds is 0. The average molecular weight is 211 g/mol. The van der Waals surface area contributed by atoms with Gasteiger partial charge in [-0.25, -0.2) is 0 Å². The number of hydrogen-bond acceptors (Lipinski definition) is 1. The van der Waals surface area contributed by atoms with Crippen LogP contribution in [0.2, 0.25) is 5.02 Å². The van der Waals surface area contributed by atoms with E-state index in [-0.39, 0.29) is 10.6 Å². The number of hydrogen-bond donors (Lipinski definition) is 1. The van der Waals surface area contributed by atoms with Crippen molar-refractivity contribution in [3.63, 3.8) is 0 Å². The highest BCUT2D eigenvalue weighted by molar-refractivity contribution is 6.31. The van der Waals surface area contributed by atoms with Crippen LogP contribution in [0.4, 0.5) is 13.2 Å². The van der Waals surface area contributed by atoms with E-state index in [1.165, 1.54) is 6.92 Å². The summed E-state index contributed by atoms with van der Waals surface area (Å²) in [6, 6.07) is 1.44. The first-order valence-electron chi connectivity index (χ1n) is 3.38. The molecule has 0 aliphatic rings. The minimum absolute atomic E-state index is 0.0904. The van der Waals surface area contributed by atoms with E-state index < -0.39 is 17.5 Å². The van der Waals surface area contributed by atoms with Crippen LogP contribution in [0.5, 0.6) is 5.75 Å². The maximum absolute atomic E-state index is 12.1. The van der Waals surface area contributed by atoms with Gasteiger partial charge in [0.2, 0.25) is 0 Å². The van der Waals surface area contributed by atoms with Crippen molar-refractivity contribution >= 4 is 11.6 Å². The van der Waals surface area contributed by atoms with Crippen LogP contribution in [0, 0.1) is 6.92 Å². The van der Waals surface area contributed by atoms with Gasteiger partial charge < -0.3 is 5.11 Å². The molecule has 0 aliphatic heterocycles. The van der Waals surface area contributed by atoms with Crippen molar-refractivity contribution in [2.24, 2.45) is 0 Å². The monoisotopic (exact) mass is 210 g/mol. The molecule has 0 heterocycles. The molecule has 5 heteroatoms. The van der Waals surface area contributed by atoms with Gasteiger partial charge in [0, 0.05) is 10.6 Å². The number of benzene rings is 1. The Morgan fingerprint density at radius 1 is 1.31 bits per heavy atom. The zero-order valence-corrected chi connectivity index (χ0v) is 7.37. The molecule has 1 rings (SSSR count). The molecule has 0 aliphatic carbocycles. The molecular weight excluding hydrogens is 205 g/mol. The summed E-state index contributed by atoms with van der Waals surface area (Å²) in [7, 11) is 0. The maximum atomic E-state index is 12.1. The normalized spacial score (nSPS) is 11.8. The zero-order valence-electron chi connectivity index (χ0n) is 6.61. The van der Waals surface area contributed by atoms with Crippen molar-refractivity contribution in [1.82, 2.24) is 0 Å². The van der Waals surface area contributed by atoms with E-state index in [9.17, 15) is 13.2 Å². The number of phenolic OH excluding ortho intramolecular Hbond substituents is 1. The topological polar surface area (TPSA) is 20.2 Å². The van der Waals surface area contributed by atoms with Gasteiger partial charge in [-0.05, 0) is 19.1 Å². The van der Waals surface area contributed by atoms with Crippen LogP contribution in [-0.4, -0.2) is 5.11 Å². The van der Waals surface area contributed by atoms with Crippen LogP contribution >= 0.6 is 11.6 Å². The molecular formula is C8H6ClF3O. The Bertz CT molecular complexity index is 310. The van der Waals surface area contributed by atoms with Crippen molar-refractivity contribution in [3.05, 3.63) is 28.3 Å². The fourth-order valence-electron chi connectivity index (χ4n) is 0.828. The summed E-state index contributed by atoms with van der Waals surface area (Å²) in [5.74, 6) is -0.445. The van der Waals surface area contributed by atoms with Crippen LogP contribution in [0.1, 0.15) is 11.1 Å². The maximum Gasteiger partial charge on any atom is 0.416 e. The molecule has 1 nitrogen and oxygen atoms in total. The van der Waals surface area contributed by atoms with Gasteiger partial charge in [-0.15, -0.1) is 0 Å². The highest BCUT2D eigenvalue weighted by Crippen LogP contribution is 2.35. The highest BCUT2D eigenvalue weighted by Gasteiger charge is 2.31. The van der Waals surface area contributed by atoms with Crippen molar-refractivity contribution in [1.29, 1.82) is 0 Å². The third-order valence-electron chi connectivity index (χ3n) is 1.64. The number of alkyl halides is 3. The van der Waals surface area contributed by atoms with Crippen LogP contribution in [-0.2, 0) is 6.18 Å². The summed E-state index contributed by atoms with van der Waals surface area (Å²) < 4.78 is 36.3. The molecule has 0 radical (unpaired) electrons. The number of phenols is 1. The molecule has 13 heavy (non-hydrogen) atoms. The standard InChI is InChI=1S/C8H6ClF3O/c1-4-6(9)2-5(3-7(4)13)8(10,11)12/h2-3,13H,1H3. The summed E-state index contributed by atoms with van der Waals surface area (Å²) >= 11 is 5.47. The van der Waals surface area contributed by atoms with Gasteiger partial charge in [0.1, 0.15) is 5.75 Å². The van der Waals surface area contributed by atoms with Crippen LogP contribution in [0.15, 0.2) is 12.1 Å². The predicted molar refractivity (Wildman–Crippen MR) is 42.9 cm³/mol. The number of halogens is 4. The first-order valence-corrected chi connectivity index (χ1v) is 3.76. The van der Waals surface area contributed by atoms with Gasteiger partial charge in [0.05, 0.1) is 5.56 Å². The molecule has 72 valence electrons. The Labute approximate surface area is 77.8 Å². The highest BCUT2D eigenvalue weighted by atomic mass is 35.5. The quantitative estimate of drug-likeness (QED) is 0.696. The lowest BCUT2D eigenvalue weighted by molar-refractivity contribution is -0.137. The Morgan fingerprint density at radius 2 is 1.85 bits per heavy atom. The predicted octanol–water partition coefficient (Wildman–Crippen LogP) is 3.37. The number of aromatic hydroxyl groups is 1. The molecule has 0 unspecified atom stereocenters. The molecule has 0 saturated carbocycles. The Balaban J connectivity index is 3.29. The van der Waals surface area contributed by atoms with Gasteiger partial charge in [0.15, 0.2) is 0 Å². The molecule has 1 aromatic carbocycles. The Kier molecular flexibility index (Phi) is 2.43. The lowest BCUT2D eigenvalue weighted by Crippen LogP contribution is -2.04. The van der Waals surface area contributed by atoms with E-state index in [0.717, 1.165) is 6.07 Å². The first-order chi connectivity index (χ1) is 5.82. The summed E-state index contributed by atoms with van der Waals surface area (Å²) in [4.78, 5) is 0. The van der Waals surface area contributed by atoms with E-state index >= 15 is 0 Å². The van der Waals surface area contributed by atoms with Crippen molar-refractivity contribution in [3.8, 4) is 5.75 Å². The second-order valence-corrected chi connectivity index (χ2v) is 3.01. The van der Waals surface area contributed by atoms with Gasteiger partial charge in [0.25, 0.3) is 0 Å². The SMILES string of the molecule is Cc1c(O)cc(C(F)(F)F)cc1Cl. The fourth-order valence-corrected chi connectivity index (χ4v) is 1.04. The van der Waals surface area contributed by atoms with Crippen LogP contribution in [0.3, 0.4) is 0 Å². The minimum Gasteiger partial charge on any atom is -0.508 e. The third kappa shape index (κ3) is 2.06. The van der Waals surface area contributed by atoms with Gasteiger partial charge in [-0.2, -0.15) is 13.2 Å². The summed E-state index contributed by atoms with van der Waals surface area (Å²) in [5, 5.41) is 8.97. The summed E-state index contributed by atoms with van der Waals surface area (Å²) in [5.41, 5.74) is -0.699. The molecule has 0 spiro atoms. The van der Waals surface area contributed by atoms with E-state index in [1.807, 2.05) is 0 Å². The van der Waals surface area contributed by atoms with Crippen molar-refractivity contribution in [2.45, 2.75) is 13.1 Å². The molecule has 0 bridgehead atoms. The summed E-state index contributed by atoms with van der Waals surface area (Å²) in [6.45, 7) is 1.44. The lowest BCUT2D eigenvalue weighted by Gasteiger charge is -2.09. The molecule has 0 aromatic heterocycles. The third-order valence-corrected chi connectivity index (χ3v) is 2.04. The van der Waals surface area contributed by atoms with E-state index in [4.69, 9.17) is 16.7 Å². The van der Waals surface area contributed by atoms with Crippen LogP contribution in [0.25, 0.3) is 0 Å². The second kappa shape index (κ2) is 3.10. The van der Waals surface area contributed by atoms with E-state index in [1.54, 1.807) is 0 Å². The van der Waals surface area contributed by atoms with Crippen LogP contribution < -0.4 is 0 Å². The summed E-state index contributed by atoms with van der Waals surface area (Å²) in [6.07, 6.45) is -4.48. The Hall–Kier alpha value is -0.900. The first kappa shape index (κ1) is 10.2. The lowest BCUT2D eigenvalue weighted by atomic mass is 10.1. The zero-order chi connectivity index (χ0) is 10.2. The Morgan fingerprint density at radius 3 is 2.23 bits per heavy atom. The van der Waals surface area contributed by atoms with E-state index in [2.05, 4.69) is 0 Å². The average Bonchev–Trinajstić information content (AvgIpc) is 1.97. The van der Waals surface area contributed by atoms with Crippen molar-refractivity contribution in [2.75, 3.05) is 0 Å².